The van der Waals surface area contributed by atoms with Crippen molar-refractivity contribution in [2.45, 2.75) is 43.4 Å². The second-order valence-electron chi connectivity index (χ2n) is 6.05. The first-order valence-corrected chi connectivity index (χ1v) is 9.24. The highest BCUT2D eigenvalue weighted by molar-refractivity contribution is 7.89. The van der Waals surface area contributed by atoms with Gasteiger partial charge < -0.3 is 0 Å². The minimum atomic E-state index is -3.39. The normalized spacial score (nSPS) is 19.9. The van der Waals surface area contributed by atoms with Crippen LogP contribution in [0.5, 0.6) is 0 Å². The molecule has 5 heteroatoms. The molecule has 3 rings (SSSR count). The van der Waals surface area contributed by atoms with Crippen LogP contribution in [0.4, 0.5) is 0 Å². The van der Waals surface area contributed by atoms with E-state index in [0.29, 0.717) is 17.3 Å². The van der Waals surface area contributed by atoms with E-state index in [2.05, 4.69) is 4.72 Å². The van der Waals surface area contributed by atoms with Gasteiger partial charge in [-0.05, 0) is 67.2 Å². The van der Waals surface area contributed by atoms with Gasteiger partial charge in [0, 0.05) is 12.4 Å². The van der Waals surface area contributed by atoms with E-state index in [4.69, 9.17) is 11.6 Å². The zero-order chi connectivity index (χ0) is 14.2. The maximum absolute atomic E-state index is 12.4. The van der Waals surface area contributed by atoms with E-state index in [9.17, 15) is 8.42 Å². The molecule has 0 aliphatic heterocycles. The molecular weight excluding hydrogens is 294 g/mol. The molecule has 0 atom stereocenters. The molecule has 0 aromatic heterocycles. The molecule has 110 valence electrons. The molecule has 0 radical (unpaired) electrons. The van der Waals surface area contributed by atoms with Crippen molar-refractivity contribution >= 4 is 21.6 Å². The van der Waals surface area contributed by atoms with Gasteiger partial charge in [0.25, 0.3) is 0 Å². The Kier molecular flexibility index (Phi) is 3.82. The third-order valence-electron chi connectivity index (χ3n) is 4.60. The van der Waals surface area contributed by atoms with E-state index in [1.165, 1.54) is 11.1 Å². The van der Waals surface area contributed by atoms with Crippen LogP contribution in [0.25, 0.3) is 0 Å². The predicted molar refractivity (Wildman–Crippen MR) is 80.7 cm³/mol. The van der Waals surface area contributed by atoms with Gasteiger partial charge >= 0.3 is 0 Å². The highest BCUT2D eigenvalue weighted by Crippen LogP contribution is 2.48. The Morgan fingerprint density at radius 3 is 2.65 bits per heavy atom. The number of hydrogen-bond acceptors (Lipinski definition) is 2. The smallest absolute Gasteiger partial charge is 0.211 e. The summed E-state index contributed by atoms with van der Waals surface area (Å²) >= 11 is 5.78. The summed E-state index contributed by atoms with van der Waals surface area (Å²) in [4.78, 5) is 0.403. The number of rotatable bonds is 6. The van der Waals surface area contributed by atoms with Crippen molar-refractivity contribution in [1.29, 1.82) is 0 Å². The topological polar surface area (TPSA) is 46.2 Å². The summed E-state index contributed by atoms with van der Waals surface area (Å²) < 4.78 is 27.5. The number of benzene rings is 1. The van der Waals surface area contributed by atoms with Crippen LogP contribution in [0, 0.1) is 5.41 Å². The molecule has 0 spiro atoms. The fourth-order valence-corrected chi connectivity index (χ4v) is 4.55. The highest BCUT2D eigenvalue weighted by atomic mass is 35.5. The molecule has 20 heavy (non-hydrogen) atoms. The summed E-state index contributed by atoms with van der Waals surface area (Å²) in [6.45, 7) is 0.513. The number of aryl methyl sites for hydroxylation is 2. The Morgan fingerprint density at radius 2 is 1.95 bits per heavy atom. The number of alkyl halides is 1. The molecule has 0 heterocycles. The number of halogens is 1. The molecule has 1 aromatic rings. The summed E-state index contributed by atoms with van der Waals surface area (Å²) in [5.41, 5.74) is 2.60. The maximum Gasteiger partial charge on any atom is 0.240 e. The van der Waals surface area contributed by atoms with Crippen LogP contribution in [-0.2, 0) is 22.9 Å². The molecule has 0 unspecified atom stereocenters. The van der Waals surface area contributed by atoms with Gasteiger partial charge in [0.15, 0.2) is 0 Å². The lowest BCUT2D eigenvalue weighted by Gasteiger charge is -2.15. The fourth-order valence-electron chi connectivity index (χ4n) is 2.94. The molecule has 1 N–H and O–H groups in total. The monoisotopic (exact) mass is 313 g/mol. The summed E-state index contributed by atoms with van der Waals surface area (Å²) in [5.74, 6) is 0.598. The lowest BCUT2D eigenvalue weighted by Crippen LogP contribution is -2.30. The third kappa shape index (κ3) is 2.87. The molecule has 1 fully saturated rings. The highest BCUT2D eigenvalue weighted by Gasteiger charge is 2.42. The quantitative estimate of drug-likeness (QED) is 0.821. The van der Waals surface area contributed by atoms with Gasteiger partial charge in [0.2, 0.25) is 10.0 Å². The van der Waals surface area contributed by atoms with Crippen LogP contribution in [0.2, 0.25) is 0 Å². The molecule has 2 aliphatic carbocycles. The minimum Gasteiger partial charge on any atom is -0.211 e. The van der Waals surface area contributed by atoms with E-state index >= 15 is 0 Å². The van der Waals surface area contributed by atoms with Crippen molar-refractivity contribution in [3.05, 3.63) is 29.3 Å². The molecule has 3 nitrogen and oxygen atoms in total. The Morgan fingerprint density at radius 1 is 1.20 bits per heavy atom. The van der Waals surface area contributed by atoms with Crippen LogP contribution in [-0.4, -0.2) is 20.8 Å². The van der Waals surface area contributed by atoms with Crippen molar-refractivity contribution in [3.63, 3.8) is 0 Å². The van der Waals surface area contributed by atoms with E-state index in [1.54, 1.807) is 6.07 Å². The Balaban J connectivity index is 1.72. The largest absolute Gasteiger partial charge is 0.240 e. The van der Waals surface area contributed by atoms with E-state index in [1.807, 2.05) is 12.1 Å². The van der Waals surface area contributed by atoms with Crippen molar-refractivity contribution in [2.24, 2.45) is 5.41 Å². The van der Waals surface area contributed by atoms with E-state index in [0.717, 1.165) is 38.5 Å². The number of fused-ring (bicyclic) bond motifs is 1. The van der Waals surface area contributed by atoms with E-state index < -0.39 is 10.0 Å². The van der Waals surface area contributed by atoms with E-state index in [-0.39, 0.29) is 5.41 Å². The zero-order valence-electron chi connectivity index (χ0n) is 11.5. The first-order chi connectivity index (χ1) is 9.55. The van der Waals surface area contributed by atoms with Gasteiger partial charge in [-0.3, -0.25) is 0 Å². The second kappa shape index (κ2) is 5.32. The van der Waals surface area contributed by atoms with Crippen molar-refractivity contribution in [1.82, 2.24) is 4.72 Å². The average molecular weight is 314 g/mol. The molecule has 0 saturated heterocycles. The lowest BCUT2D eigenvalue weighted by molar-refractivity contribution is 0.478. The zero-order valence-corrected chi connectivity index (χ0v) is 13.1. The molecular formula is C15H20ClNO2S. The lowest BCUT2D eigenvalue weighted by atomic mass is 10.1. The van der Waals surface area contributed by atoms with Gasteiger partial charge in [-0.25, -0.2) is 13.1 Å². The van der Waals surface area contributed by atoms with Crippen molar-refractivity contribution in [3.8, 4) is 0 Å². The summed E-state index contributed by atoms with van der Waals surface area (Å²) in [6, 6.07) is 5.53. The van der Waals surface area contributed by atoms with Crippen LogP contribution >= 0.6 is 11.6 Å². The molecule has 1 saturated carbocycles. The second-order valence-corrected chi connectivity index (χ2v) is 8.19. The summed E-state index contributed by atoms with van der Waals surface area (Å²) in [5, 5.41) is 0. The maximum atomic E-state index is 12.4. The van der Waals surface area contributed by atoms with Gasteiger partial charge in [0.05, 0.1) is 4.90 Å². The Labute approximate surface area is 125 Å². The number of hydrogen-bond donors (Lipinski definition) is 1. The fraction of sp³-hybridized carbons (Fsp3) is 0.600. The van der Waals surface area contributed by atoms with Crippen LogP contribution in [0.3, 0.4) is 0 Å². The van der Waals surface area contributed by atoms with Crippen LogP contribution < -0.4 is 4.72 Å². The van der Waals surface area contributed by atoms with Crippen LogP contribution in [0.15, 0.2) is 23.1 Å². The number of nitrogens with one attached hydrogen (secondary N) is 1. The standard InChI is InChI=1S/C15H20ClNO2S/c16-9-8-15(6-7-15)11-17-20(18,19)14-5-4-12-2-1-3-13(12)10-14/h4-5,10,17H,1-3,6-9,11H2. The minimum absolute atomic E-state index is 0.117. The Hall–Kier alpha value is -0.580. The first kappa shape index (κ1) is 14.4. The van der Waals surface area contributed by atoms with Gasteiger partial charge in [-0.15, -0.1) is 11.6 Å². The molecule has 0 bridgehead atoms. The van der Waals surface area contributed by atoms with Crippen molar-refractivity contribution < 1.29 is 8.42 Å². The van der Waals surface area contributed by atoms with Gasteiger partial charge in [0.1, 0.15) is 0 Å². The average Bonchev–Trinajstić information content (AvgIpc) is 3.03. The predicted octanol–water partition coefficient (Wildman–Crippen LogP) is 2.86. The first-order valence-electron chi connectivity index (χ1n) is 7.22. The SMILES string of the molecule is O=S(=O)(NCC1(CCCl)CC1)c1ccc2c(c1)CCC2. The summed E-state index contributed by atoms with van der Waals surface area (Å²) in [6.07, 6.45) is 6.24. The van der Waals surface area contributed by atoms with Crippen LogP contribution in [0.1, 0.15) is 36.8 Å². The Bertz CT molecular complexity index is 608. The van der Waals surface area contributed by atoms with Gasteiger partial charge in [-0.1, -0.05) is 6.07 Å². The molecule has 0 amide bonds. The van der Waals surface area contributed by atoms with Gasteiger partial charge in [-0.2, -0.15) is 0 Å². The van der Waals surface area contributed by atoms with Crippen molar-refractivity contribution in [2.75, 3.05) is 12.4 Å². The third-order valence-corrected chi connectivity index (χ3v) is 6.19. The molecule has 1 aromatic carbocycles. The summed E-state index contributed by atoms with van der Waals surface area (Å²) in [7, 11) is -3.39. The molecule has 2 aliphatic rings. The number of sulfonamides is 1.